The third kappa shape index (κ3) is 3.71. The molecule has 0 aliphatic carbocycles. The Hall–Kier alpha value is -0.580. The number of aromatic nitrogens is 2. The van der Waals surface area contributed by atoms with Crippen molar-refractivity contribution in [2.75, 3.05) is 7.11 Å². The van der Waals surface area contributed by atoms with Crippen LogP contribution in [0.15, 0.2) is 0 Å². The highest BCUT2D eigenvalue weighted by Crippen LogP contribution is 2.28. The highest BCUT2D eigenvalue weighted by atomic mass is 35.5. The summed E-state index contributed by atoms with van der Waals surface area (Å²) in [4.78, 5) is 0. The van der Waals surface area contributed by atoms with Gasteiger partial charge in [0, 0.05) is 20.1 Å². The van der Waals surface area contributed by atoms with E-state index in [9.17, 15) is 5.11 Å². The zero-order valence-electron chi connectivity index (χ0n) is 12.7. The molecule has 0 saturated heterocycles. The summed E-state index contributed by atoms with van der Waals surface area (Å²) in [5.41, 5.74) is 1.54. The zero-order chi connectivity index (χ0) is 14.8. The Morgan fingerprint density at radius 3 is 2.42 bits per heavy atom. The molecule has 2 unspecified atom stereocenters. The Kier molecular flexibility index (Phi) is 5.42. The molecule has 1 rings (SSSR count). The summed E-state index contributed by atoms with van der Waals surface area (Å²) < 4.78 is 7.29. The van der Waals surface area contributed by atoms with E-state index in [0.29, 0.717) is 11.4 Å². The summed E-state index contributed by atoms with van der Waals surface area (Å²) >= 11 is 6.26. The molecule has 4 nitrogen and oxygen atoms in total. The number of aliphatic hydroxyl groups is 1. The van der Waals surface area contributed by atoms with Gasteiger partial charge in [0.15, 0.2) is 0 Å². The maximum atomic E-state index is 10.4. The molecule has 0 saturated carbocycles. The van der Waals surface area contributed by atoms with E-state index >= 15 is 0 Å². The first-order chi connectivity index (χ1) is 8.72. The summed E-state index contributed by atoms with van der Waals surface area (Å²) in [6.07, 6.45) is -0.406. The lowest BCUT2D eigenvalue weighted by Gasteiger charge is -2.33. The Morgan fingerprint density at radius 1 is 1.42 bits per heavy atom. The van der Waals surface area contributed by atoms with Gasteiger partial charge in [-0.3, -0.25) is 4.68 Å². The fourth-order valence-electron chi connectivity index (χ4n) is 2.46. The Labute approximate surface area is 120 Å². The monoisotopic (exact) mass is 288 g/mol. The number of hydrogen-bond acceptors (Lipinski definition) is 3. The van der Waals surface area contributed by atoms with E-state index in [1.807, 2.05) is 39.3 Å². The van der Waals surface area contributed by atoms with Crippen LogP contribution in [0.5, 0.6) is 0 Å². The molecule has 0 aliphatic rings. The SMILES string of the molecule is CCn1nc(C)c(Cl)c1CC(O)C(OC)C(C)(C)C. The smallest absolute Gasteiger partial charge is 0.0882 e. The van der Waals surface area contributed by atoms with Crippen LogP contribution in [0.2, 0.25) is 5.02 Å². The molecule has 0 radical (unpaired) electrons. The molecular formula is C14H25ClN2O2. The van der Waals surface area contributed by atoms with Gasteiger partial charge in [0.05, 0.1) is 28.6 Å². The zero-order valence-corrected chi connectivity index (χ0v) is 13.5. The van der Waals surface area contributed by atoms with Gasteiger partial charge in [0.1, 0.15) is 0 Å². The van der Waals surface area contributed by atoms with E-state index in [0.717, 1.165) is 17.9 Å². The standard InChI is InChI=1S/C14H25ClN2O2/c1-7-17-10(12(15)9(2)16-17)8-11(18)13(19-6)14(3,4)5/h11,13,18H,7-8H2,1-6H3. The second-order valence-electron chi connectivity index (χ2n) is 5.96. The highest BCUT2D eigenvalue weighted by molar-refractivity contribution is 6.31. The lowest BCUT2D eigenvalue weighted by atomic mass is 9.84. The topological polar surface area (TPSA) is 47.3 Å². The van der Waals surface area contributed by atoms with Crippen molar-refractivity contribution in [2.45, 2.75) is 59.8 Å². The molecule has 0 spiro atoms. The van der Waals surface area contributed by atoms with Crippen molar-refractivity contribution >= 4 is 11.6 Å². The lowest BCUT2D eigenvalue weighted by molar-refractivity contribution is -0.0704. The van der Waals surface area contributed by atoms with E-state index in [4.69, 9.17) is 16.3 Å². The average Bonchev–Trinajstić information content (AvgIpc) is 2.55. The van der Waals surface area contributed by atoms with E-state index in [-0.39, 0.29) is 11.5 Å². The molecule has 1 heterocycles. The lowest BCUT2D eigenvalue weighted by Crippen LogP contribution is -2.41. The van der Waals surface area contributed by atoms with Crippen molar-refractivity contribution < 1.29 is 9.84 Å². The fourth-order valence-corrected chi connectivity index (χ4v) is 2.67. The van der Waals surface area contributed by atoms with Crippen molar-refractivity contribution in [1.82, 2.24) is 9.78 Å². The molecular weight excluding hydrogens is 264 g/mol. The van der Waals surface area contributed by atoms with Crippen molar-refractivity contribution in [2.24, 2.45) is 5.41 Å². The van der Waals surface area contributed by atoms with Crippen LogP contribution >= 0.6 is 11.6 Å². The largest absolute Gasteiger partial charge is 0.390 e. The highest BCUT2D eigenvalue weighted by Gasteiger charge is 2.32. The summed E-state index contributed by atoms with van der Waals surface area (Å²) in [5, 5.41) is 15.4. The third-order valence-electron chi connectivity index (χ3n) is 3.31. The molecule has 19 heavy (non-hydrogen) atoms. The molecule has 0 amide bonds. The van der Waals surface area contributed by atoms with Gasteiger partial charge < -0.3 is 9.84 Å². The predicted molar refractivity (Wildman–Crippen MR) is 77.6 cm³/mol. The van der Waals surface area contributed by atoms with Gasteiger partial charge in [0.2, 0.25) is 0 Å². The quantitative estimate of drug-likeness (QED) is 0.906. The fraction of sp³-hybridized carbons (Fsp3) is 0.786. The summed E-state index contributed by atoms with van der Waals surface area (Å²) in [7, 11) is 1.63. The van der Waals surface area contributed by atoms with Crippen LogP contribution in [-0.4, -0.2) is 34.2 Å². The van der Waals surface area contributed by atoms with Gasteiger partial charge in [-0.1, -0.05) is 32.4 Å². The Bertz CT molecular complexity index is 424. The summed E-state index contributed by atoms with van der Waals surface area (Å²) in [5.74, 6) is 0. The van der Waals surface area contributed by atoms with Crippen LogP contribution in [0.1, 0.15) is 39.1 Å². The first kappa shape index (κ1) is 16.5. The predicted octanol–water partition coefficient (Wildman–Crippen LogP) is 2.83. The molecule has 2 atom stereocenters. The molecule has 1 N–H and O–H groups in total. The Balaban J connectivity index is 2.96. The molecule has 110 valence electrons. The van der Waals surface area contributed by atoms with Crippen molar-refractivity contribution in [3.63, 3.8) is 0 Å². The molecule has 0 fully saturated rings. The number of ether oxygens (including phenoxy) is 1. The van der Waals surface area contributed by atoms with Crippen LogP contribution in [0.3, 0.4) is 0 Å². The first-order valence-corrected chi connectivity index (χ1v) is 7.02. The van der Waals surface area contributed by atoms with Gasteiger partial charge in [0.25, 0.3) is 0 Å². The summed E-state index contributed by atoms with van der Waals surface area (Å²) in [6, 6.07) is 0. The minimum absolute atomic E-state index is 0.132. The average molecular weight is 289 g/mol. The number of nitrogens with zero attached hydrogens (tertiary/aromatic N) is 2. The third-order valence-corrected chi connectivity index (χ3v) is 3.80. The van der Waals surface area contributed by atoms with Crippen LogP contribution in [0.4, 0.5) is 0 Å². The van der Waals surface area contributed by atoms with Crippen LogP contribution in [0, 0.1) is 12.3 Å². The Morgan fingerprint density at radius 2 is 2.00 bits per heavy atom. The van der Waals surface area contributed by atoms with Gasteiger partial charge >= 0.3 is 0 Å². The van der Waals surface area contributed by atoms with E-state index in [1.165, 1.54) is 0 Å². The van der Waals surface area contributed by atoms with Crippen LogP contribution in [0.25, 0.3) is 0 Å². The second-order valence-corrected chi connectivity index (χ2v) is 6.33. The molecule has 1 aromatic heterocycles. The number of rotatable bonds is 5. The maximum absolute atomic E-state index is 10.4. The number of methoxy groups -OCH3 is 1. The molecule has 5 heteroatoms. The van der Waals surface area contributed by atoms with E-state index < -0.39 is 6.10 Å². The number of halogens is 1. The van der Waals surface area contributed by atoms with Gasteiger partial charge in [-0.15, -0.1) is 0 Å². The van der Waals surface area contributed by atoms with Crippen molar-refractivity contribution in [1.29, 1.82) is 0 Å². The van der Waals surface area contributed by atoms with E-state index in [2.05, 4.69) is 5.10 Å². The van der Waals surface area contributed by atoms with Gasteiger partial charge in [-0.05, 0) is 19.3 Å². The minimum atomic E-state index is -0.608. The van der Waals surface area contributed by atoms with Gasteiger partial charge in [-0.25, -0.2) is 0 Å². The molecule has 1 aromatic rings. The maximum Gasteiger partial charge on any atom is 0.0882 e. The van der Waals surface area contributed by atoms with Crippen LogP contribution in [-0.2, 0) is 17.7 Å². The van der Waals surface area contributed by atoms with Crippen molar-refractivity contribution in [3.8, 4) is 0 Å². The number of hydrogen-bond donors (Lipinski definition) is 1. The number of aliphatic hydroxyl groups excluding tert-OH is 1. The molecule has 0 aromatic carbocycles. The van der Waals surface area contributed by atoms with E-state index in [1.54, 1.807) is 7.11 Å². The summed E-state index contributed by atoms with van der Waals surface area (Å²) in [6.45, 7) is 10.8. The minimum Gasteiger partial charge on any atom is -0.390 e. The molecule has 0 bridgehead atoms. The normalized spacial score (nSPS) is 15.6. The number of aryl methyl sites for hydroxylation is 2. The second kappa shape index (κ2) is 6.25. The van der Waals surface area contributed by atoms with Crippen LogP contribution < -0.4 is 0 Å². The molecule has 0 aliphatic heterocycles. The van der Waals surface area contributed by atoms with Crippen molar-refractivity contribution in [3.05, 3.63) is 16.4 Å². The first-order valence-electron chi connectivity index (χ1n) is 6.65. The van der Waals surface area contributed by atoms with Gasteiger partial charge in [-0.2, -0.15) is 5.10 Å².